The molecule has 3 N–H and O–H groups in total. The highest BCUT2D eigenvalue weighted by atomic mass is 32.2. The van der Waals surface area contributed by atoms with E-state index in [0.717, 1.165) is 25.3 Å². The molecule has 7 heteroatoms. The number of hydrogen-bond acceptors (Lipinski definition) is 4. The van der Waals surface area contributed by atoms with E-state index in [9.17, 15) is 18.3 Å². The summed E-state index contributed by atoms with van der Waals surface area (Å²) >= 11 is 0. The zero-order chi connectivity index (χ0) is 17.1. The molecule has 6 nitrogen and oxygen atoms in total. The van der Waals surface area contributed by atoms with Gasteiger partial charge in [0.15, 0.2) is 5.60 Å². The van der Waals surface area contributed by atoms with E-state index in [4.69, 9.17) is 5.11 Å². The molecule has 1 aromatic rings. The number of carboxylic acid groups (broad SMARTS) is 1. The van der Waals surface area contributed by atoms with Gasteiger partial charge in [-0.15, -0.1) is 0 Å². The van der Waals surface area contributed by atoms with Crippen LogP contribution in [-0.4, -0.2) is 36.7 Å². The first-order valence-corrected chi connectivity index (χ1v) is 9.26. The Labute approximate surface area is 136 Å². The fourth-order valence-corrected chi connectivity index (χ4v) is 3.88. The van der Waals surface area contributed by atoms with E-state index in [1.807, 2.05) is 12.1 Å². The molecule has 0 spiro atoms. The summed E-state index contributed by atoms with van der Waals surface area (Å²) in [6, 6.07) is 6.70. The monoisotopic (exact) mass is 341 g/mol. The molecule has 0 amide bonds. The van der Waals surface area contributed by atoms with Gasteiger partial charge in [0.05, 0.1) is 11.4 Å². The third kappa shape index (κ3) is 4.53. The largest absolute Gasteiger partial charge is 0.479 e. The molecular weight excluding hydrogens is 318 g/mol. The minimum absolute atomic E-state index is 0.0678. The molecule has 128 valence electrons. The van der Waals surface area contributed by atoms with E-state index < -0.39 is 28.1 Å². The van der Waals surface area contributed by atoms with Crippen LogP contribution >= 0.6 is 0 Å². The second-order valence-corrected chi connectivity index (χ2v) is 8.07. The van der Waals surface area contributed by atoms with Gasteiger partial charge in [-0.05, 0) is 43.4 Å². The molecule has 1 unspecified atom stereocenters. The van der Waals surface area contributed by atoms with Crippen molar-refractivity contribution in [1.29, 1.82) is 0 Å². The summed E-state index contributed by atoms with van der Waals surface area (Å²) in [5, 5.41) is 18.4. The van der Waals surface area contributed by atoms with Gasteiger partial charge in [0, 0.05) is 0 Å². The molecule has 1 fully saturated rings. The second kappa shape index (κ2) is 6.98. The smallest absolute Gasteiger partial charge is 0.336 e. The molecule has 0 saturated heterocycles. The Balaban J connectivity index is 2.06. The number of benzene rings is 1. The van der Waals surface area contributed by atoms with E-state index in [2.05, 4.69) is 4.72 Å². The third-order valence-corrected chi connectivity index (χ3v) is 5.75. The topological polar surface area (TPSA) is 104 Å². The number of hydrogen-bond donors (Lipinski definition) is 3. The van der Waals surface area contributed by atoms with Crippen molar-refractivity contribution in [1.82, 2.24) is 4.72 Å². The highest BCUT2D eigenvalue weighted by Gasteiger charge is 2.31. The van der Waals surface area contributed by atoms with E-state index in [1.54, 1.807) is 0 Å². The third-order valence-electron chi connectivity index (χ3n) is 4.33. The second-order valence-electron chi connectivity index (χ2n) is 6.31. The molecule has 1 aromatic carbocycles. The van der Waals surface area contributed by atoms with Crippen LogP contribution in [0.2, 0.25) is 0 Å². The van der Waals surface area contributed by atoms with Crippen molar-refractivity contribution in [2.45, 2.75) is 55.4 Å². The van der Waals surface area contributed by atoms with E-state index in [-0.39, 0.29) is 4.90 Å². The van der Waals surface area contributed by atoms with Crippen molar-refractivity contribution in [3.8, 4) is 0 Å². The molecule has 1 saturated carbocycles. The fraction of sp³-hybridized carbons (Fsp3) is 0.562. The average molecular weight is 341 g/mol. The molecule has 0 bridgehead atoms. The Morgan fingerprint density at radius 1 is 1.22 bits per heavy atom. The van der Waals surface area contributed by atoms with Crippen LogP contribution in [0, 0.1) is 0 Å². The summed E-state index contributed by atoms with van der Waals surface area (Å²) in [4.78, 5) is 10.9. The number of nitrogens with one attached hydrogen (secondary N) is 1. The zero-order valence-corrected chi connectivity index (χ0v) is 14.0. The fourth-order valence-electron chi connectivity index (χ4n) is 2.75. The van der Waals surface area contributed by atoms with Gasteiger partial charge in [-0.3, -0.25) is 0 Å². The lowest BCUT2D eigenvalue weighted by Crippen LogP contribution is -2.46. The minimum Gasteiger partial charge on any atom is -0.479 e. The minimum atomic E-state index is -3.85. The average Bonchev–Trinajstić information content (AvgIpc) is 2.54. The van der Waals surface area contributed by atoms with Gasteiger partial charge in [-0.1, -0.05) is 31.4 Å². The van der Waals surface area contributed by atoms with E-state index in [1.165, 1.54) is 31.4 Å². The summed E-state index contributed by atoms with van der Waals surface area (Å²) in [5.74, 6) is -0.992. The number of aliphatic hydroxyl groups is 1. The molecular formula is C16H23NO5S. The maximum atomic E-state index is 12.2. The lowest BCUT2D eigenvalue weighted by molar-refractivity contribution is -0.155. The molecule has 1 aliphatic carbocycles. The first kappa shape index (κ1) is 17.9. The van der Waals surface area contributed by atoms with Gasteiger partial charge in [0.25, 0.3) is 0 Å². The summed E-state index contributed by atoms with van der Waals surface area (Å²) in [6.07, 6.45) is 5.93. The number of carboxylic acids is 1. The predicted molar refractivity (Wildman–Crippen MR) is 85.7 cm³/mol. The number of sulfonamides is 1. The Morgan fingerprint density at radius 2 is 1.78 bits per heavy atom. The van der Waals surface area contributed by atoms with Crippen LogP contribution in [-0.2, 0) is 14.8 Å². The van der Waals surface area contributed by atoms with Gasteiger partial charge < -0.3 is 10.2 Å². The predicted octanol–water partition coefficient (Wildman–Crippen LogP) is 1.85. The Morgan fingerprint density at radius 3 is 2.30 bits per heavy atom. The summed E-state index contributed by atoms with van der Waals surface area (Å²) in [7, 11) is -3.85. The van der Waals surface area contributed by atoms with Crippen LogP contribution in [0.5, 0.6) is 0 Å². The first-order chi connectivity index (χ1) is 10.7. The highest BCUT2D eigenvalue weighted by Crippen LogP contribution is 2.32. The zero-order valence-electron chi connectivity index (χ0n) is 13.2. The Hall–Kier alpha value is -1.44. The molecule has 23 heavy (non-hydrogen) atoms. The van der Waals surface area contributed by atoms with E-state index in [0.29, 0.717) is 5.92 Å². The maximum Gasteiger partial charge on any atom is 0.336 e. The van der Waals surface area contributed by atoms with Crippen LogP contribution in [0.25, 0.3) is 0 Å². The van der Waals surface area contributed by atoms with Gasteiger partial charge in [-0.2, -0.15) is 0 Å². The first-order valence-electron chi connectivity index (χ1n) is 7.78. The van der Waals surface area contributed by atoms with Crippen molar-refractivity contribution >= 4 is 16.0 Å². The van der Waals surface area contributed by atoms with Gasteiger partial charge >= 0.3 is 5.97 Å². The van der Waals surface area contributed by atoms with Crippen molar-refractivity contribution in [2.24, 2.45) is 0 Å². The van der Waals surface area contributed by atoms with Crippen LogP contribution in [0.15, 0.2) is 29.2 Å². The van der Waals surface area contributed by atoms with Crippen LogP contribution in [0.1, 0.15) is 50.5 Å². The normalized spacial score (nSPS) is 19.2. The summed E-state index contributed by atoms with van der Waals surface area (Å²) < 4.78 is 26.5. The molecule has 1 aliphatic rings. The van der Waals surface area contributed by atoms with Gasteiger partial charge in [0.1, 0.15) is 0 Å². The molecule has 1 atom stereocenters. The van der Waals surface area contributed by atoms with Gasteiger partial charge in [-0.25, -0.2) is 17.9 Å². The van der Waals surface area contributed by atoms with Crippen LogP contribution in [0.4, 0.5) is 0 Å². The number of rotatable bonds is 6. The number of aliphatic carboxylic acids is 1. The highest BCUT2D eigenvalue weighted by molar-refractivity contribution is 7.89. The van der Waals surface area contributed by atoms with Crippen LogP contribution in [0.3, 0.4) is 0 Å². The summed E-state index contributed by atoms with van der Waals surface area (Å²) in [6.45, 7) is 0.457. The quantitative estimate of drug-likeness (QED) is 0.732. The molecule has 2 rings (SSSR count). The lowest BCUT2D eigenvalue weighted by Gasteiger charge is -2.22. The Kier molecular flexibility index (Phi) is 5.44. The SMILES string of the molecule is CC(O)(CNS(=O)(=O)c1ccc(C2CCCCC2)cc1)C(=O)O. The number of carbonyl (C=O) groups is 1. The summed E-state index contributed by atoms with van der Waals surface area (Å²) in [5.41, 5.74) is -1.00. The van der Waals surface area contributed by atoms with Crippen molar-refractivity contribution in [2.75, 3.05) is 6.54 Å². The van der Waals surface area contributed by atoms with Crippen molar-refractivity contribution in [3.05, 3.63) is 29.8 Å². The van der Waals surface area contributed by atoms with Gasteiger partial charge in [0.2, 0.25) is 10.0 Å². The molecule has 0 heterocycles. The molecule has 0 aromatic heterocycles. The van der Waals surface area contributed by atoms with Crippen molar-refractivity contribution < 1.29 is 23.4 Å². The lowest BCUT2D eigenvalue weighted by atomic mass is 9.84. The van der Waals surface area contributed by atoms with E-state index >= 15 is 0 Å². The molecule has 0 aliphatic heterocycles. The standard InChI is InChI=1S/C16H23NO5S/c1-16(20,15(18)19)11-17-23(21,22)14-9-7-13(8-10-14)12-5-3-2-4-6-12/h7-10,12,17,20H,2-6,11H2,1H3,(H,18,19). The van der Waals surface area contributed by atoms with Crippen LogP contribution < -0.4 is 4.72 Å². The molecule has 0 radical (unpaired) electrons. The Bertz CT molecular complexity index is 646. The van der Waals surface area contributed by atoms with Crippen molar-refractivity contribution in [3.63, 3.8) is 0 Å². The maximum absolute atomic E-state index is 12.2.